The summed E-state index contributed by atoms with van der Waals surface area (Å²) in [4.78, 5) is 18.6. The zero-order valence-corrected chi connectivity index (χ0v) is 17.9. The number of halogens is 2. The quantitative estimate of drug-likeness (QED) is 0.507. The molecule has 5 nitrogen and oxygen atoms in total. The van der Waals surface area contributed by atoms with E-state index in [2.05, 4.69) is 10.3 Å². The standard InChI is InChI=1S/C24H27F2N3O2/c1-4-16(2)27-24(30)22-15-31-23(28-22)14-29(17(3)18-8-6-5-7-9-18)13-19-10-11-20(25)12-21(19)26/h5-12,15-17H,4,13-14H2,1-3H3,(H,27,30)/t16-,17+/m0/s1. The van der Waals surface area contributed by atoms with Gasteiger partial charge in [0, 0.05) is 30.3 Å². The molecule has 1 amide bonds. The van der Waals surface area contributed by atoms with Gasteiger partial charge in [-0.05, 0) is 31.9 Å². The van der Waals surface area contributed by atoms with Gasteiger partial charge in [-0.3, -0.25) is 9.69 Å². The van der Waals surface area contributed by atoms with Crippen molar-refractivity contribution in [1.29, 1.82) is 0 Å². The van der Waals surface area contributed by atoms with Crippen LogP contribution in [0.3, 0.4) is 0 Å². The number of nitrogens with one attached hydrogen (secondary N) is 1. The minimum absolute atomic E-state index is 0.0312. The molecule has 0 saturated heterocycles. The summed E-state index contributed by atoms with van der Waals surface area (Å²) in [5, 5.41) is 2.85. The van der Waals surface area contributed by atoms with E-state index in [9.17, 15) is 13.6 Å². The van der Waals surface area contributed by atoms with Gasteiger partial charge in [-0.1, -0.05) is 43.3 Å². The average Bonchev–Trinajstić information content (AvgIpc) is 3.23. The fourth-order valence-corrected chi connectivity index (χ4v) is 3.20. The van der Waals surface area contributed by atoms with E-state index >= 15 is 0 Å². The Hall–Kier alpha value is -3.06. The van der Waals surface area contributed by atoms with Gasteiger partial charge in [0.15, 0.2) is 5.69 Å². The molecule has 0 saturated carbocycles. The number of nitrogens with zero attached hydrogens (tertiary/aromatic N) is 2. The number of oxazole rings is 1. The second-order valence-corrected chi connectivity index (χ2v) is 7.64. The molecule has 0 aliphatic carbocycles. The minimum atomic E-state index is -0.617. The van der Waals surface area contributed by atoms with Crippen molar-refractivity contribution in [3.8, 4) is 0 Å². The highest BCUT2D eigenvalue weighted by Gasteiger charge is 2.22. The Morgan fingerprint density at radius 2 is 1.87 bits per heavy atom. The molecule has 0 spiro atoms. The molecule has 0 unspecified atom stereocenters. The number of hydrogen-bond donors (Lipinski definition) is 1. The van der Waals surface area contributed by atoms with Crippen molar-refractivity contribution in [3.63, 3.8) is 0 Å². The third-order valence-corrected chi connectivity index (χ3v) is 5.33. The topological polar surface area (TPSA) is 58.4 Å². The number of rotatable bonds is 9. The van der Waals surface area contributed by atoms with Gasteiger partial charge in [0.05, 0.1) is 6.54 Å². The van der Waals surface area contributed by atoms with Crippen LogP contribution in [0.2, 0.25) is 0 Å². The zero-order chi connectivity index (χ0) is 22.4. The van der Waals surface area contributed by atoms with Crippen LogP contribution >= 0.6 is 0 Å². The summed E-state index contributed by atoms with van der Waals surface area (Å²) in [5.41, 5.74) is 1.60. The summed E-state index contributed by atoms with van der Waals surface area (Å²) >= 11 is 0. The third kappa shape index (κ3) is 5.98. The molecule has 0 radical (unpaired) electrons. The minimum Gasteiger partial charge on any atom is -0.447 e. The molecule has 0 aliphatic rings. The lowest BCUT2D eigenvalue weighted by molar-refractivity contribution is 0.0934. The molecule has 0 bridgehead atoms. The van der Waals surface area contributed by atoms with Gasteiger partial charge in [0.25, 0.3) is 5.91 Å². The van der Waals surface area contributed by atoms with E-state index in [-0.39, 0.29) is 36.8 Å². The molecule has 31 heavy (non-hydrogen) atoms. The molecule has 1 aromatic heterocycles. The smallest absolute Gasteiger partial charge is 0.273 e. The molecule has 2 atom stereocenters. The SMILES string of the molecule is CC[C@H](C)NC(=O)c1coc(CN(Cc2ccc(F)cc2F)[C@H](C)c2ccccc2)n1. The van der Waals surface area contributed by atoms with Gasteiger partial charge in [0.1, 0.15) is 17.9 Å². The van der Waals surface area contributed by atoms with Crippen LogP contribution in [0.5, 0.6) is 0 Å². The Bertz CT molecular complexity index is 1010. The molecule has 3 rings (SSSR count). The first kappa shape index (κ1) is 22.6. The van der Waals surface area contributed by atoms with Crippen molar-refractivity contribution in [2.75, 3.05) is 0 Å². The Kier molecular flexibility index (Phi) is 7.52. The third-order valence-electron chi connectivity index (χ3n) is 5.33. The second kappa shape index (κ2) is 10.3. The Morgan fingerprint density at radius 3 is 2.55 bits per heavy atom. The highest BCUT2D eigenvalue weighted by molar-refractivity contribution is 5.92. The van der Waals surface area contributed by atoms with E-state index in [1.54, 1.807) is 0 Å². The van der Waals surface area contributed by atoms with Crippen molar-refractivity contribution in [3.05, 3.63) is 89.1 Å². The highest BCUT2D eigenvalue weighted by Crippen LogP contribution is 2.25. The van der Waals surface area contributed by atoms with Crippen LogP contribution < -0.4 is 5.32 Å². The van der Waals surface area contributed by atoms with E-state index in [0.717, 1.165) is 18.1 Å². The first-order valence-electron chi connectivity index (χ1n) is 10.4. The van der Waals surface area contributed by atoms with Crippen molar-refractivity contribution in [1.82, 2.24) is 15.2 Å². The van der Waals surface area contributed by atoms with Crippen LogP contribution in [0, 0.1) is 11.6 Å². The molecule has 0 fully saturated rings. The number of amides is 1. The lowest BCUT2D eigenvalue weighted by atomic mass is 10.1. The maximum absolute atomic E-state index is 14.3. The fraction of sp³-hybridized carbons (Fsp3) is 0.333. The maximum atomic E-state index is 14.3. The highest BCUT2D eigenvalue weighted by atomic mass is 19.1. The first-order chi connectivity index (χ1) is 14.9. The van der Waals surface area contributed by atoms with E-state index < -0.39 is 11.6 Å². The van der Waals surface area contributed by atoms with Crippen LogP contribution in [0.15, 0.2) is 59.2 Å². The predicted molar refractivity (Wildman–Crippen MR) is 114 cm³/mol. The molecular weight excluding hydrogens is 400 g/mol. The number of carbonyl (C=O) groups is 1. The van der Waals surface area contributed by atoms with Gasteiger partial charge in [0.2, 0.25) is 5.89 Å². The number of carbonyl (C=O) groups excluding carboxylic acids is 1. The van der Waals surface area contributed by atoms with Gasteiger partial charge in [-0.15, -0.1) is 0 Å². The average molecular weight is 427 g/mol. The summed E-state index contributed by atoms with van der Waals surface area (Å²) < 4.78 is 33.2. The molecule has 2 aromatic carbocycles. The van der Waals surface area contributed by atoms with E-state index in [4.69, 9.17) is 4.42 Å². The summed E-state index contributed by atoms with van der Waals surface area (Å²) in [6, 6.07) is 13.3. The summed E-state index contributed by atoms with van der Waals surface area (Å²) in [6.45, 7) is 6.37. The molecule has 1 heterocycles. The number of benzene rings is 2. The van der Waals surface area contributed by atoms with Crippen LogP contribution in [0.4, 0.5) is 8.78 Å². The van der Waals surface area contributed by atoms with Crippen molar-refractivity contribution < 1.29 is 18.0 Å². The number of aromatic nitrogens is 1. The summed E-state index contributed by atoms with van der Waals surface area (Å²) in [7, 11) is 0. The second-order valence-electron chi connectivity index (χ2n) is 7.64. The zero-order valence-electron chi connectivity index (χ0n) is 17.9. The van der Waals surface area contributed by atoms with Crippen molar-refractivity contribution >= 4 is 5.91 Å². The molecule has 1 N–H and O–H groups in total. The largest absolute Gasteiger partial charge is 0.447 e. The summed E-state index contributed by atoms with van der Waals surface area (Å²) in [6.07, 6.45) is 2.14. The fourth-order valence-electron chi connectivity index (χ4n) is 3.20. The maximum Gasteiger partial charge on any atom is 0.273 e. The van der Waals surface area contributed by atoms with Crippen LogP contribution in [-0.2, 0) is 13.1 Å². The molecule has 3 aromatic rings. The van der Waals surface area contributed by atoms with Crippen LogP contribution in [-0.4, -0.2) is 21.8 Å². The van der Waals surface area contributed by atoms with Gasteiger partial charge in [-0.25, -0.2) is 13.8 Å². The molecular formula is C24H27F2N3O2. The van der Waals surface area contributed by atoms with Gasteiger partial charge in [-0.2, -0.15) is 0 Å². The monoisotopic (exact) mass is 427 g/mol. The Morgan fingerprint density at radius 1 is 1.13 bits per heavy atom. The van der Waals surface area contributed by atoms with Crippen molar-refractivity contribution in [2.45, 2.75) is 52.4 Å². The van der Waals surface area contributed by atoms with Crippen molar-refractivity contribution in [2.24, 2.45) is 0 Å². The first-order valence-corrected chi connectivity index (χ1v) is 10.4. The Balaban J connectivity index is 1.82. The van der Waals surface area contributed by atoms with Crippen LogP contribution in [0.1, 0.15) is 60.7 Å². The van der Waals surface area contributed by atoms with Crippen LogP contribution in [0.25, 0.3) is 0 Å². The van der Waals surface area contributed by atoms with Gasteiger partial charge >= 0.3 is 0 Å². The molecule has 0 aliphatic heterocycles. The molecule has 164 valence electrons. The lowest BCUT2D eigenvalue weighted by Gasteiger charge is -2.28. The van der Waals surface area contributed by atoms with E-state index in [1.165, 1.54) is 18.4 Å². The predicted octanol–water partition coefficient (Wildman–Crippen LogP) is 5.24. The number of hydrogen-bond acceptors (Lipinski definition) is 4. The van der Waals surface area contributed by atoms with E-state index in [0.29, 0.717) is 11.5 Å². The Labute approximate surface area is 181 Å². The normalized spacial score (nSPS) is 13.2. The van der Waals surface area contributed by atoms with Gasteiger partial charge < -0.3 is 9.73 Å². The molecule has 7 heteroatoms. The summed E-state index contributed by atoms with van der Waals surface area (Å²) in [5.74, 6) is -1.17. The van der Waals surface area contributed by atoms with E-state index in [1.807, 2.05) is 56.0 Å². The lowest BCUT2D eigenvalue weighted by Crippen LogP contribution is -2.32.